The Balaban J connectivity index is 1.79. The lowest BCUT2D eigenvalue weighted by Gasteiger charge is -2.14. The summed E-state index contributed by atoms with van der Waals surface area (Å²) in [5, 5.41) is 10.6. The van der Waals surface area contributed by atoms with Crippen molar-refractivity contribution in [3.63, 3.8) is 0 Å². The van der Waals surface area contributed by atoms with Gasteiger partial charge in [-0.3, -0.25) is 9.36 Å². The van der Waals surface area contributed by atoms with Crippen molar-refractivity contribution >= 4 is 23.4 Å². The minimum Gasteiger partial charge on any atom is -0.497 e. The summed E-state index contributed by atoms with van der Waals surface area (Å²) in [5.74, 6) is -0.119. The molecule has 13 heteroatoms. The molecular formula is C22H18F6N4O2S. The minimum atomic E-state index is -5.02. The molecule has 0 bridgehead atoms. The lowest BCUT2D eigenvalue weighted by Crippen LogP contribution is -2.17. The molecule has 3 aromatic rings. The van der Waals surface area contributed by atoms with Gasteiger partial charge >= 0.3 is 12.4 Å². The van der Waals surface area contributed by atoms with Crippen molar-refractivity contribution < 1.29 is 35.9 Å². The fourth-order valence-corrected chi connectivity index (χ4v) is 3.77. The van der Waals surface area contributed by atoms with E-state index in [0.29, 0.717) is 34.4 Å². The number of nitrogens with zero attached hydrogens (tertiary/aromatic N) is 3. The van der Waals surface area contributed by atoms with Crippen molar-refractivity contribution in [2.75, 3.05) is 18.2 Å². The number of aromatic nitrogens is 3. The van der Waals surface area contributed by atoms with Crippen LogP contribution in [0.5, 0.6) is 5.75 Å². The third kappa shape index (κ3) is 6.56. The highest BCUT2D eigenvalue weighted by Gasteiger charge is 2.37. The maximum atomic E-state index is 13.0. The van der Waals surface area contributed by atoms with E-state index in [1.807, 2.05) is 0 Å². The molecule has 6 nitrogen and oxygen atoms in total. The molecule has 1 amide bonds. The Bertz CT molecular complexity index is 1190. The molecule has 0 aliphatic carbocycles. The van der Waals surface area contributed by atoms with Gasteiger partial charge in [0, 0.05) is 17.8 Å². The molecule has 3 rings (SSSR count). The van der Waals surface area contributed by atoms with E-state index in [2.05, 4.69) is 22.1 Å². The first-order chi connectivity index (χ1) is 16.4. The summed E-state index contributed by atoms with van der Waals surface area (Å²) in [5.41, 5.74) is -2.99. The summed E-state index contributed by atoms with van der Waals surface area (Å²) in [4.78, 5) is 12.3. The summed E-state index contributed by atoms with van der Waals surface area (Å²) in [6.45, 7) is 3.96. The van der Waals surface area contributed by atoms with Crippen molar-refractivity contribution in [3.8, 4) is 17.1 Å². The van der Waals surface area contributed by atoms with Crippen LogP contribution in [0.2, 0.25) is 0 Å². The minimum absolute atomic E-state index is 0.0116. The summed E-state index contributed by atoms with van der Waals surface area (Å²) in [6.07, 6.45) is -8.46. The van der Waals surface area contributed by atoms with E-state index in [1.165, 1.54) is 7.11 Å². The Morgan fingerprint density at radius 1 is 1.09 bits per heavy atom. The number of allylic oxidation sites excluding steroid dienone is 1. The van der Waals surface area contributed by atoms with Gasteiger partial charge < -0.3 is 10.1 Å². The average molecular weight is 516 g/mol. The number of hydrogen-bond donors (Lipinski definition) is 1. The topological polar surface area (TPSA) is 69.0 Å². The number of carbonyl (C=O) groups is 1. The van der Waals surface area contributed by atoms with Crippen molar-refractivity contribution in [2.24, 2.45) is 0 Å². The highest BCUT2D eigenvalue weighted by Crippen LogP contribution is 2.37. The van der Waals surface area contributed by atoms with Gasteiger partial charge in [-0.2, -0.15) is 26.3 Å². The summed E-state index contributed by atoms with van der Waals surface area (Å²) < 4.78 is 85.0. The normalized spacial score (nSPS) is 11.9. The second-order valence-electron chi connectivity index (χ2n) is 7.07. The largest absolute Gasteiger partial charge is 0.497 e. The fraction of sp³-hybridized carbons (Fsp3) is 0.227. The van der Waals surface area contributed by atoms with Crippen LogP contribution in [0.3, 0.4) is 0 Å². The fourth-order valence-electron chi connectivity index (χ4n) is 3.02. The zero-order chi connectivity index (χ0) is 25.8. The molecule has 2 aromatic carbocycles. The van der Waals surface area contributed by atoms with Gasteiger partial charge in [-0.25, -0.2) is 0 Å². The molecule has 1 N–H and O–H groups in total. The maximum absolute atomic E-state index is 13.0. The number of ether oxygens (including phenoxy) is 1. The summed E-state index contributed by atoms with van der Waals surface area (Å²) in [7, 11) is 1.51. The number of carbonyl (C=O) groups excluding carboxylic acids is 1. The second-order valence-corrected chi connectivity index (χ2v) is 8.01. The molecule has 0 atom stereocenters. The molecule has 0 spiro atoms. The number of thioether (sulfide) groups is 1. The maximum Gasteiger partial charge on any atom is 0.416 e. The van der Waals surface area contributed by atoms with E-state index in [0.717, 1.165) is 11.8 Å². The lowest BCUT2D eigenvalue weighted by atomic mass is 10.1. The van der Waals surface area contributed by atoms with E-state index in [9.17, 15) is 31.1 Å². The van der Waals surface area contributed by atoms with Gasteiger partial charge in [-0.05, 0) is 30.3 Å². The third-order valence-electron chi connectivity index (χ3n) is 4.56. The highest BCUT2D eigenvalue weighted by atomic mass is 32.2. The van der Waals surface area contributed by atoms with Crippen LogP contribution < -0.4 is 10.1 Å². The van der Waals surface area contributed by atoms with E-state index >= 15 is 0 Å². The molecular weight excluding hydrogens is 498 g/mol. The van der Waals surface area contributed by atoms with Crippen molar-refractivity contribution in [2.45, 2.75) is 24.1 Å². The van der Waals surface area contributed by atoms with Gasteiger partial charge in [0.05, 0.1) is 24.0 Å². The lowest BCUT2D eigenvalue weighted by molar-refractivity contribution is -0.143. The highest BCUT2D eigenvalue weighted by molar-refractivity contribution is 7.99. The molecule has 0 saturated carbocycles. The Hall–Kier alpha value is -3.48. The van der Waals surface area contributed by atoms with E-state index in [-0.39, 0.29) is 18.4 Å². The van der Waals surface area contributed by atoms with Gasteiger partial charge in [0.2, 0.25) is 5.91 Å². The number of hydrogen-bond acceptors (Lipinski definition) is 5. The number of benzene rings is 2. The second kappa shape index (κ2) is 10.4. The first-order valence-corrected chi connectivity index (χ1v) is 10.8. The zero-order valence-electron chi connectivity index (χ0n) is 18.1. The number of methoxy groups -OCH3 is 1. The van der Waals surface area contributed by atoms with E-state index in [1.54, 1.807) is 34.9 Å². The molecule has 0 radical (unpaired) electrons. The van der Waals surface area contributed by atoms with Crippen molar-refractivity contribution in [1.82, 2.24) is 14.8 Å². The Morgan fingerprint density at radius 2 is 1.74 bits per heavy atom. The first kappa shape index (κ1) is 26.1. The van der Waals surface area contributed by atoms with Crippen molar-refractivity contribution in [3.05, 3.63) is 66.2 Å². The quantitative estimate of drug-likeness (QED) is 0.229. The smallest absolute Gasteiger partial charge is 0.416 e. The molecule has 186 valence electrons. The molecule has 0 fully saturated rings. The van der Waals surface area contributed by atoms with Crippen LogP contribution in [0.25, 0.3) is 11.4 Å². The number of nitrogens with one attached hydrogen (secondary N) is 1. The van der Waals surface area contributed by atoms with Gasteiger partial charge in [0.25, 0.3) is 0 Å². The van der Waals surface area contributed by atoms with Crippen LogP contribution in [-0.2, 0) is 23.7 Å². The monoisotopic (exact) mass is 516 g/mol. The van der Waals surface area contributed by atoms with Crippen LogP contribution in [0.15, 0.2) is 60.3 Å². The molecule has 0 saturated heterocycles. The van der Waals surface area contributed by atoms with Crippen LogP contribution >= 0.6 is 11.8 Å². The summed E-state index contributed by atoms with van der Waals surface area (Å²) >= 11 is 0.913. The molecule has 0 aliphatic heterocycles. The Labute approximate surface area is 200 Å². The van der Waals surface area contributed by atoms with Gasteiger partial charge in [-0.15, -0.1) is 16.8 Å². The van der Waals surface area contributed by atoms with Crippen LogP contribution in [-0.4, -0.2) is 33.5 Å². The third-order valence-corrected chi connectivity index (χ3v) is 5.53. The molecule has 35 heavy (non-hydrogen) atoms. The van der Waals surface area contributed by atoms with E-state index in [4.69, 9.17) is 4.74 Å². The van der Waals surface area contributed by atoms with Gasteiger partial charge in [-0.1, -0.05) is 30.0 Å². The van der Waals surface area contributed by atoms with Crippen molar-refractivity contribution in [1.29, 1.82) is 0 Å². The SMILES string of the molecule is C=CCn1c(SCC(=O)Nc2cc(C(F)(F)F)cc(C(F)(F)F)c2)nnc1-c1cccc(OC)c1. The average Bonchev–Trinajstić information content (AvgIpc) is 3.19. The number of amides is 1. The van der Waals surface area contributed by atoms with Gasteiger partial charge in [0.1, 0.15) is 5.75 Å². The Morgan fingerprint density at radius 3 is 2.31 bits per heavy atom. The number of anilines is 1. The van der Waals surface area contributed by atoms with Crippen LogP contribution in [0.1, 0.15) is 11.1 Å². The molecule has 0 unspecified atom stereocenters. The first-order valence-electron chi connectivity index (χ1n) is 9.83. The van der Waals surface area contributed by atoms with Crippen LogP contribution in [0, 0.1) is 0 Å². The van der Waals surface area contributed by atoms with Gasteiger partial charge in [0.15, 0.2) is 11.0 Å². The summed E-state index contributed by atoms with van der Waals surface area (Å²) in [6, 6.07) is 7.89. The Kier molecular flexibility index (Phi) is 7.78. The predicted molar refractivity (Wildman–Crippen MR) is 118 cm³/mol. The number of rotatable bonds is 8. The molecule has 1 heterocycles. The molecule has 0 aliphatic rings. The predicted octanol–water partition coefficient (Wildman–Crippen LogP) is 5.91. The van der Waals surface area contributed by atoms with E-state index < -0.39 is 35.1 Å². The number of halogens is 6. The van der Waals surface area contributed by atoms with Crippen LogP contribution in [0.4, 0.5) is 32.0 Å². The standard InChI is InChI=1S/C22H18F6N4O2S/c1-3-7-32-19(13-5-4-6-17(8-13)34-2)30-31-20(32)35-12-18(33)29-16-10-14(21(23,24)25)9-15(11-16)22(26,27)28/h3-6,8-11H,1,7,12H2,2H3,(H,29,33). The number of alkyl halides is 6. The zero-order valence-corrected chi connectivity index (χ0v) is 18.9. The molecule has 1 aromatic heterocycles.